The molecule has 0 bridgehead atoms. The second kappa shape index (κ2) is 5.95. The van der Waals surface area contributed by atoms with E-state index in [0.717, 1.165) is 12.4 Å². The van der Waals surface area contributed by atoms with Gasteiger partial charge in [0.25, 0.3) is 0 Å². The van der Waals surface area contributed by atoms with Crippen LogP contribution in [0.1, 0.15) is 70.3 Å². The van der Waals surface area contributed by atoms with E-state index in [4.69, 9.17) is 4.74 Å². The van der Waals surface area contributed by atoms with Gasteiger partial charge in [0.05, 0.1) is 6.61 Å². The topological polar surface area (TPSA) is 9.23 Å². The Labute approximate surface area is 138 Å². The second-order valence-electron chi connectivity index (χ2n) is 8.50. The van der Waals surface area contributed by atoms with Crippen molar-refractivity contribution < 1.29 is 4.74 Å². The number of halogens is 1. The molecule has 118 valence electrons. The van der Waals surface area contributed by atoms with Gasteiger partial charge in [-0.15, -0.1) is 0 Å². The third-order valence-electron chi connectivity index (χ3n) is 4.25. The van der Waals surface area contributed by atoms with Crippen molar-refractivity contribution in [3.8, 4) is 5.75 Å². The molecule has 0 spiro atoms. The fourth-order valence-electron chi connectivity index (χ4n) is 3.35. The fraction of sp³-hybridized carbons (Fsp3) is 0.684. The van der Waals surface area contributed by atoms with Crippen LogP contribution in [0.5, 0.6) is 5.75 Å². The lowest BCUT2D eigenvalue weighted by Crippen LogP contribution is -2.18. The molecule has 0 N–H and O–H groups in total. The first-order valence-corrected chi connectivity index (χ1v) is 8.91. The highest BCUT2D eigenvalue weighted by atomic mass is 79.9. The van der Waals surface area contributed by atoms with Gasteiger partial charge in [-0.2, -0.15) is 0 Å². The third-order valence-corrected chi connectivity index (χ3v) is 5.16. The average Bonchev–Trinajstić information content (AvgIpc) is 2.62. The second-order valence-corrected chi connectivity index (χ2v) is 9.61. The first kappa shape index (κ1) is 16.9. The lowest BCUT2D eigenvalue weighted by atomic mass is 9.82. The van der Waals surface area contributed by atoms with Crippen LogP contribution in [-0.2, 0) is 5.41 Å². The van der Waals surface area contributed by atoms with Crippen LogP contribution in [0, 0.1) is 11.3 Å². The van der Waals surface area contributed by atoms with Gasteiger partial charge < -0.3 is 4.74 Å². The van der Waals surface area contributed by atoms with E-state index < -0.39 is 0 Å². The molecule has 0 saturated carbocycles. The van der Waals surface area contributed by atoms with Crippen molar-refractivity contribution in [2.75, 3.05) is 6.61 Å². The molecular weight excluding hydrogens is 324 g/mol. The predicted molar refractivity (Wildman–Crippen MR) is 94.5 cm³/mol. The number of hydrogen-bond acceptors (Lipinski definition) is 1. The molecule has 0 saturated heterocycles. The Kier molecular flexibility index (Phi) is 4.78. The van der Waals surface area contributed by atoms with Crippen LogP contribution < -0.4 is 4.74 Å². The van der Waals surface area contributed by atoms with Crippen LogP contribution in [0.4, 0.5) is 0 Å². The molecule has 1 heterocycles. The fourth-order valence-corrected chi connectivity index (χ4v) is 4.27. The van der Waals surface area contributed by atoms with Crippen LogP contribution in [0.3, 0.4) is 0 Å². The summed E-state index contributed by atoms with van der Waals surface area (Å²) in [6, 6.07) is 6.69. The summed E-state index contributed by atoms with van der Waals surface area (Å²) in [6.07, 6.45) is 2.44. The first-order chi connectivity index (χ1) is 9.58. The van der Waals surface area contributed by atoms with Gasteiger partial charge in [0.15, 0.2) is 0 Å². The molecule has 2 atom stereocenters. The zero-order valence-corrected chi connectivity index (χ0v) is 15.9. The van der Waals surface area contributed by atoms with Crippen molar-refractivity contribution >= 4 is 15.9 Å². The largest absolute Gasteiger partial charge is 0.492 e. The summed E-state index contributed by atoms with van der Waals surface area (Å²) in [6.45, 7) is 14.6. The molecule has 2 rings (SSSR count). The molecule has 0 amide bonds. The monoisotopic (exact) mass is 352 g/mol. The van der Waals surface area contributed by atoms with Gasteiger partial charge in [-0.25, -0.2) is 0 Å². The molecule has 0 fully saturated rings. The SMILES string of the molecule is CC(CC(Br)c1ccc2c(c1)C(C)(C)CO2)CC(C)(C)C. The number of ether oxygens (including phenoxy) is 1. The highest BCUT2D eigenvalue weighted by molar-refractivity contribution is 9.09. The van der Waals surface area contributed by atoms with E-state index in [-0.39, 0.29) is 5.41 Å². The zero-order valence-electron chi connectivity index (χ0n) is 14.3. The van der Waals surface area contributed by atoms with Gasteiger partial charge in [0.2, 0.25) is 0 Å². The quantitative estimate of drug-likeness (QED) is 0.581. The molecule has 0 aromatic heterocycles. The van der Waals surface area contributed by atoms with Crippen molar-refractivity contribution in [3.05, 3.63) is 29.3 Å². The summed E-state index contributed by atoms with van der Waals surface area (Å²) in [5.41, 5.74) is 3.27. The number of alkyl halides is 1. The molecule has 1 aromatic carbocycles. The molecule has 0 radical (unpaired) electrons. The molecule has 2 heteroatoms. The molecule has 1 aliphatic heterocycles. The Balaban J connectivity index is 2.09. The molecule has 21 heavy (non-hydrogen) atoms. The highest BCUT2D eigenvalue weighted by Crippen LogP contribution is 2.42. The average molecular weight is 353 g/mol. The Morgan fingerprint density at radius 2 is 1.95 bits per heavy atom. The van der Waals surface area contributed by atoms with Crippen molar-refractivity contribution in [2.24, 2.45) is 11.3 Å². The molecular formula is C19H29BrO. The third kappa shape index (κ3) is 4.25. The summed E-state index contributed by atoms with van der Waals surface area (Å²) in [7, 11) is 0. The summed E-state index contributed by atoms with van der Waals surface area (Å²) in [4.78, 5) is 0.427. The van der Waals surface area contributed by atoms with E-state index in [0.29, 0.717) is 16.2 Å². The molecule has 2 unspecified atom stereocenters. The molecule has 1 aliphatic rings. The minimum Gasteiger partial charge on any atom is -0.492 e. The Bertz CT molecular complexity index is 499. The summed E-state index contributed by atoms with van der Waals surface area (Å²) >= 11 is 3.90. The van der Waals surface area contributed by atoms with E-state index in [1.54, 1.807) is 0 Å². The van der Waals surface area contributed by atoms with Gasteiger partial charge in [-0.1, -0.05) is 69.6 Å². The maximum atomic E-state index is 5.78. The van der Waals surface area contributed by atoms with Crippen LogP contribution in [-0.4, -0.2) is 6.61 Å². The van der Waals surface area contributed by atoms with Gasteiger partial charge in [0.1, 0.15) is 5.75 Å². The predicted octanol–water partition coefficient (Wildman–Crippen LogP) is 6.26. The minimum absolute atomic E-state index is 0.134. The van der Waals surface area contributed by atoms with Gasteiger partial charge >= 0.3 is 0 Å². The van der Waals surface area contributed by atoms with E-state index >= 15 is 0 Å². The smallest absolute Gasteiger partial charge is 0.123 e. The van der Waals surface area contributed by atoms with Crippen molar-refractivity contribution in [2.45, 2.75) is 64.6 Å². The summed E-state index contributed by atoms with van der Waals surface area (Å²) < 4.78 is 5.78. The van der Waals surface area contributed by atoms with Crippen molar-refractivity contribution in [1.82, 2.24) is 0 Å². The Hall–Kier alpha value is -0.500. The first-order valence-electron chi connectivity index (χ1n) is 8.00. The van der Waals surface area contributed by atoms with E-state index in [2.05, 4.69) is 75.7 Å². The molecule has 1 nitrogen and oxygen atoms in total. The number of hydrogen-bond donors (Lipinski definition) is 0. The van der Waals surface area contributed by atoms with E-state index in [9.17, 15) is 0 Å². The maximum absolute atomic E-state index is 5.78. The lowest BCUT2D eigenvalue weighted by molar-refractivity contribution is 0.291. The van der Waals surface area contributed by atoms with Crippen LogP contribution in [0.25, 0.3) is 0 Å². The Morgan fingerprint density at radius 1 is 1.29 bits per heavy atom. The molecule has 0 aliphatic carbocycles. The summed E-state index contributed by atoms with van der Waals surface area (Å²) in [5, 5.41) is 0. The zero-order chi connectivity index (χ0) is 15.8. The van der Waals surface area contributed by atoms with E-state index in [1.165, 1.54) is 24.0 Å². The normalized spacial score (nSPS) is 19.8. The highest BCUT2D eigenvalue weighted by Gasteiger charge is 2.32. The molecule has 1 aromatic rings. The number of rotatable bonds is 4. The summed E-state index contributed by atoms with van der Waals surface area (Å²) in [5.74, 6) is 1.78. The number of benzene rings is 1. The lowest BCUT2D eigenvalue weighted by Gasteiger charge is -2.25. The van der Waals surface area contributed by atoms with Crippen molar-refractivity contribution in [3.63, 3.8) is 0 Å². The van der Waals surface area contributed by atoms with Gasteiger partial charge in [-0.05, 0) is 35.8 Å². The van der Waals surface area contributed by atoms with Crippen LogP contribution in [0.15, 0.2) is 18.2 Å². The van der Waals surface area contributed by atoms with Gasteiger partial charge in [-0.3, -0.25) is 0 Å². The van der Waals surface area contributed by atoms with Gasteiger partial charge in [0, 0.05) is 15.8 Å². The van der Waals surface area contributed by atoms with Crippen molar-refractivity contribution in [1.29, 1.82) is 0 Å². The standard InChI is InChI=1S/C19H29BrO/c1-13(11-18(2,3)4)9-16(20)14-7-8-17-15(10-14)19(5,6)12-21-17/h7-8,10,13,16H,9,11-12H2,1-6H3. The van der Waals surface area contributed by atoms with Crippen LogP contribution in [0.2, 0.25) is 0 Å². The van der Waals surface area contributed by atoms with Crippen LogP contribution >= 0.6 is 15.9 Å². The maximum Gasteiger partial charge on any atom is 0.123 e. The Morgan fingerprint density at radius 3 is 2.57 bits per heavy atom. The minimum atomic E-state index is 0.134. The van der Waals surface area contributed by atoms with E-state index in [1.807, 2.05) is 0 Å². The number of fused-ring (bicyclic) bond motifs is 1.